The minimum Gasteiger partial charge on any atom is -0.450 e. The van der Waals surface area contributed by atoms with E-state index in [0.29, 0.717) is 39.3 Å². The zero-order chi connectivity index (χ0) is 19.2. The molecule has 0 atom stereocenters. The van der Waals surface area contributed by atoms with Crippen molar-refractivity contribution < 1.29 is 45.6 Å². The predicted molar refractivity (Wildman–Crippen MR) is 86.0 cm³/mol. The number of aliphatic hydroxyl groups is 6. The van der Waals surface area contributed by atoms with E-state index >= 15 is 0 Å². The summed E-state index contributed by atoms with van der Waals surface area (Å²) in [5, 5.41) is 64.9. The van der Waals surface area contributed by atoms with Crippen LogP contribution in [0.15, 0.2) is 0 Å². The molecule has 0 aliphatic rings. The summed E-state index contributed by atoms with van der Waals surface area (Å²) in [5.74, 6) is 0. The van der Waals surface area contributed by atoms with E-state index < -0.39 is 6.16 Å². The Hall–Kier alpha value is -1.05. The van der Waals surface area contributed by atoms with Gasteiger partial charge in [-0.2, -0.15) is 0 Å². The highest BCUT2D eigenvalue weighted by atomic mass is 16.6. The van der Waals surface area contributed by atoms with Gasteiger partial charge in [0.25, 0.3) is 0 Å². The van der Waals surface area contributed by atoms with Crippen LogP contribution in [0, 0.1) is 0 Å². The van der Waals surface area contributed by atoms with E-state index in [2.05, 4.69) is 0 Å². The number of aliphatic hydroxyl groups excluding tert-OH is 6. The summed E-state index contributed by atoms with van der Waals surface area (Å²) in [6.07, 6.45) is -1.83. The van der Waals surface area contributed by atoms with Crippen LogP contribution in [0.3, 0.4) is 0 Å². The quantitative estimate of drug-likeness (QED) is 0.175. The summed E-state index contributed by atoms with van der Waals surface area (Å²) in [6.45, 7) is 3.51. The lowest BCUT2D eigenvalue weighted by molar-refractivity contribution is 0.135. The van der Waals surface area contributed by atoms with Gasteiger partial charge in [-0.25, -0.2) is 4.79 Å². The van der Waals surface area contributed by atoms with E-state index in [1.165, 1.54) is 0 Å². The lowest BCUT2D eigenvalue weighted by Crippen LogP contribution is -2.32. The van der Waals surface area contributed by atoms with Crippen LogP contribution >= 0.6 is 0 Å². The molecule has 24 heavy (non-hydrogen) atoms. The van der Waals surface area contributed by atoms with Gasteiger partial charge in [-0.15, -0.1) is 0 Å². The van der Waals surface area contributed by atoms with Gasteiger partial charge < -0.3 is 40.9 Å². The predicted octanol–water partition coefficient (Wildman–Crippen LogP) is -3.25. The van der Waals surface area contributed by atoms with E-state index in [1.54, 1.807) is 9.80 Å². The van der Waals surface area contributed by atoms with Gasteiger partial charge in [0.15, 0.2) is 0 Å². The van der Waals surface area contributed by atoms with Crippen molar-refractivity contribution >= 4 is 6.16 Å². The number of hydrogen-bond donors (Lipinski definition) is 8. The molecule has 11 heteroatoms. The van der Waals surface area contributed by atoms with E-state index in [-0.39, 0.29) is 39.6 Å². The third-order valence-corrected chi connectivity index (χ3v) is 2.50. The molecule has 0 aromatic rings. The second-order valence-electron chi connectivity index (χ2n) is 4.31. The fourth-order valence-electron chi connectivity index (χ4n) is 1.52. The van der Waals surface area contributed by atoms with E-state index in [1.807, 2.05) is 0 Å². The SMILES string of the molecule is O=C(O)O.OCCN(CCO)CCO.OCCN(CCO)CCO. The van der Waals surface area contributed by atoms with Gasteiger partial charge in [-0.3, -0.25) is 9.80 Å². The summed E-state index contributed by atoms with van der Waals surface area (Å²) in [4.78, 5) is 12.1. The van der Waals surface area contributed by atoms with Crippen molar-refractivity contribution in [3.63, 3.8) is 0 Å². The van der Waals surface area contributed by atoms with Crippen LogP contribution in [0.5, 0.6) is 0 Å². The zero-order valence-electron chi connectivity index (χ0n) is 13.9. The number of hydrogen-bond acceptors (Lipinski definition) is 9. The minimum atomic E-state index is -1.83. The number of carboxylic acid groups (broad SMARTS) is 2. The summed E-state index contributed by atoms with van der Waals surface area (Å²) >= 11 is 0. The topological polar surface area (TPSA) is 185 Å². The molecule has 0 rings (SSSR count). The average Bonchev–Trinajstić information content (AvgIpc) is 2.49. The Morgan fingerprint density at radius 3 is 0.708 bits per heavy atom. The molecule has 0 bridgehead atoms. The highest BCUT2D eigenvalue weighted by molar-refractivity contribution is 5.53. The molecule has 11 nitrogen and oxygen atoms in total. The first-order valence-electron chi connectivity index (χ1n) is 7.45. The fraction of sp³-hybridized carbons (Fsp3) is 0.923. The second kappa shape index (κ2) is 24.2. The molecule has 0 heterocycles. The third-order valence-electron chi connectivity index (χ3n) is 2.50. The van der Waals surface area contributed by atoms with Gasteiger partial charge in [-0.05, 0) is 0 Å². The smallest absolute Gasteiger partial charge is 0.450 e. The molecule has 0 aliphatic carbocycles. The van der Waals surface area contributed by atoms with Gasteiger partial charge >= 0.3 is 6.16 Å². The van der Waals surface area contributed by atoms with Crippen LogP contribution < -0.4 is 0 Å². The molecule has 148 valence electrons. The molecule has 0 spiro atoms. The average molecular weight is 360 g/mol. The molecule has 0 unspecified atom stereocenters. The molecule has 0 saturated heterocycles. The van der Waals surface area contributed by atoms with E-state index in [9.17, 15) is 0 Å². The highest BCUT2D eigenvalue weighted by Gasteiger charge is 2.01. The Bertz CT molecular complexity index is 197. The summed E-state index contributed by atoms with van der Waals surface area (Å²) in [7, 11) is 0. The van der Waals surface area contributed by atoms with Crippen LogP contribution in [0.1, 0.15) is 0 Å². The normalized spacial score (nSPS) is 10.0. The molecule has 0 saturated carbocycles. The zero-order valence-corrected chi connectivity index (χ0v) is 13.9. The number of carbonyl (C=O) groups is 1. The highest BCUT2D eigenvalue weighted by Crippen LogP contribution is 1.84. The number of nitrogens with zero attached hydrogens (tertiary/aromatic N) is 2. The maximum absolute atomic E-state index is 8.56. The van der Waals surface area contributed by atoms with Crippen molar-refractivity contribution in [2.45, 2.75) is 0 Å². The van der Waals surface area contributed by atoms with Crippen LogP contribution in [-0.4, -0.2) is 136 Å². The minimum absolute atomic E-state index is 0.0694. The summed E-state index contributed by atoms with van der Waals surface area (Å²) in [6, 6.07) is 0. The first-order valence-corrected chi connectivity index (χ1v) is 7.45. The van der Waals surface area contributed by atoms with Crippen molar-refractivity contribution in [3.05, 3.63) is 0 Å². The lowest BCUT2D eigenvalue weighted by Gasteiger charge is -2.17. The van der Waals surface area contributed by atoms with Crippen LogP contribution in [0.2, 0.25) is 0 Å². The Labute approximate surface area is 141 Å². The van der Waals surface area contributed by atoms with Gasteiger partial charge in [0, 0.05) is 39.3 Å². The van der Waals surface area contributed by atoms with Gasteiger partial charge in [0.05, 0.1) is 39.6 Å². The Kier molecular flexibility index (Phi) is 28.0. The molecule has 0 amide bonds. The first kappa shape index (κ1) is 27.8. The Morgan fingerprint density at radius 1 is 0.500 bits per heavy atom. The second-order valence-corrected chi connectivity index (χ2v) is 4.31. The Balaban J connectivity index is -0.000000301. The molecular weight excluding hydrogens is 328 g/mol. The molecule has 0 aromatic carbocycles. The molecule has 0 aliphatic heterocycles. The van der Waals surface area contributed by atoms with Crippen molar-refractivity contribution in [1.29, 1.82) is 0 Å². The van der Waals surface area contributed by atoms with Crippen molar-refractivity contribution in [1.82, 2.24) is 9.80 Å². The molecule has 0 aromatic heterocycles. The molecule has 8 N–H and O–H groups in total. The standard InChI is InChI=1S/2C6H15NO3.CH2O3/c2*8-4-1-7(2-5-9)3-6-10;2-1(3)4/h2*8-10H,1-6H2;(H2,2,3,4). The maximum atomic E-state index is 8.56. The largest absolute Gasteiger partial charge is 0.503 e. The van der Waals surface area contributed by atoms with E-state index in [0.717, 1.165) is 0 Å². The van der Waals surface area contributed by atoms with Gasteiger partial charge in [0.2, 0.25) is 0 Å². The van der Waals surface area contributed by atoms with Crippen molar-refractivity contribution in [3.8, 4) is 0 Å². The Morgan fingerprint density at radius 2 is 0.625 bits per heavy atom. The lowest BCUT2D eigenvalue weighted by atomic mass is 10.4. The monoisotopic (exact) mass is 360 g/mol. The summed E-state index contributed by atoms with van der Waals surface area (Å²) < 4.78 is 0. The third kappa shape index (κ3) is 29.0. The van der Waals surface area contributed by atoms with Gasteiger partial charge in [-0.1, -0.05) is 0 Å². The molecular formula is C13H32N2O9. The molecule has 0 fully saturated rings. The van der Waals surface area contributed by atoms with Crippen LogP contribution in [0.25, 0.3) is 0 Å². The summed E-state index contributed by atoms with van der Waals surface area (Å²) in [5.41, 5.74) is 0. The van der Waals surface area contributed by atoms with Crippen LogP contribution in [-0.2, 0) is 0 Å². The van der Waals surface area contributed by atoms with Gasteiger partial charge in [0.1, 0.15) is 0 Å². The first-order chi connectivity index (χ1) is 11.4. The van der Waals surface area contributed by atoms with Crippen molar-refractivity contribution in [2.24, 2.45) is 0 Å². The van der Waals surface area contributed by atoms with Crippen LogP contribution in [0.4, 0.5) is 4.79 Å². The maximum Gasteiger partial charge on any atom is 0.503 e. The fourth-order valence-corrected chi connectivity index (χ4v) is 1.52. The van der Waals surface area contributed by atoms with E-state index in [4.69, 9.17) is 45.6 Å². The van der Waals surface area contributed by atoms with Crippen molar-refractivity contribution in [2.75, 3.05) is 78.9 Å². The molecule has 0 radical (unpaired) electrons. The number of rotatable bonds is 12.